The van der Waals surface area contributed by atoms with Gasteiger partial charge >= 0.3 is 12.6 Å². The van der Waals surface area contributed by atoms with Crippen LogP contribution in [-0.2, 0) is 11.3 Å². The number of pyridine rings is 1. The lowest BCUT2D eigenvalue weighted by molar-refractivity contribution is -0.176. The van der Waals surface area contributed by atoms with Gasteiger partial charge in [-0.25, -0.2) is 8.78 Å². The van der Waals surface area contributed by atoms with Crippen LogP contribution in [0.2, 0.25) is 0 Å². The second-order valence-electron chi connectivity index (χ2n) is 3.31. The lowest BCUT2D eigenvalue weighted by atomic mass is 10.1. The van der Waals surface area contributed by atoms with E-state index < -0.39 is 31.6 Å². The van der Waals surface area contributed by atoms with Gasteiger partial charge in [-0.3, -0.25) is 9.78 Å². The van der Waals surface area contributed by atoms with Crippen molar-refractivity contribution in [2.75, 3.05) is 6.61 Å². The molecule has 8 heteroatoms. The fraction of sp³-hybridized carbons (Fsp3) is 0.400. The Morgan fingerprint density at radius 1 is 1.39 bits per heavy atom. The van der Waals surface area contributed by atoms with E-state index >= 15 is 0 Å². The number of ether oxygens (including phenoxy) is 1. The van der Waals surface area contributed by atoms with Crippen molar-refractivity contribution in [3.63, 3.8) is 0 Å². The molecular formula is C10H8F5NO2. The lowest BCUT2D eigenvalue weighted by Crippen LogP contribution is -2.17. The first kappa shape index (κ1) is 14.5. The first-order valence-corrected chi connectivity index (χ1v) is 4.71. The van der Waals surface area contributed by atoms with E-state index in [1.165, 1.54) is 0 Å². The molecule has 1 aromatic heterocycles. The molecule has 0 saturated carbocycles. The monoisotopic (exact) mass is 269 g/mol. The summed E-state index contributed by atoms with van der Waals surface area (Å²) in [6.07, 6.45) is -6.59. The van der Waals surface area contributed by atoms with Crippen molar-refractivity contribution in [2.45, 2.75) is 19.2 Å². The maximum Gasteiger partial charge on any atom is 0.411 e. The van der Waals surface area contributed by atoms with Crippen LogP contribution in [0.4, 0.5) is 22.0 Å². The van der Waals surface area contributed by atoms with E-state index in [1.54, 1.807) is 0 Å². The molecule has 1 heterocycles. The molecule has 0 fully saturated rings. The number of aromatic nitrogens is 1. The molecule has 0 radical (unpaired) electrons. The SMILES string of the molecule is O=C(c1ccnc(COCC(F)(F)F)c1)C(F)F. The normalized spacial score (nSPS) is 11.9. The maximum absolute atomic E-state index is 12.1. The quantitative estimate of drug-likeness (QED) is 0.609. The third-order valence-corrected chi connectivity index (χ3v) is 1.81. The highest BCUT2D eigenvalue weighted by molar-refractivity contribution is 5.98. The predicted molar refractivity (Wildman–Crippen MR) is 50.3 cm³/mol. The summed E-state index contributed by atoms with van der Waals surface area (Å²) in [5, 5.41) is 0. The molecule has 0 unspecified atom stereocenters. The van der Waals surface area contributed by atoms with Gasteiger partial charge in [-0.15, -0.1) is 0 Å². The van der Waals surface area contributed by atoms with E-state index in [-0.39, 0.29) is 11.3 Å². The minimum Gasteiger partial charge on any atom is -0.366 e. The predicted octanol–water partition coefficient (Wildman–Crippen LogP) is 2.61. The molecule has 0 aliphatic heterocycles. The zero-order valence-electron chi connectivity index (χ0n) is 8.88. The largest absolute Gasteiger partial charge is 0.411 e. The van der Waals surface area contributed by atoms with E-state index in [0.717, 1.165) is 18.3 Å². The number of ketones is 1. The van der Waals surface area contributed by atoms with E-state index in [2.05, 4.69) is 9.72 Å². The Morgan fingerprint density at radius 2 is 2.06 bits per heavy atom. The Labute approximate surface area is 98.6 Å². The van der Waals surface area contributed by atoms with Gasteiger partial charge in [0.05, 0.1) is 12.3 Å². The van der Waals surface area contributed by atoms with Crippen molar-refractivity contribution in [2.24, 2.45) is 0 Å². The third kappa shape index (κ3) is 4.74. The highest BCUT2D eigenvalue weighted by Gasteiger charge is 2.27. The summed E-state index contributed by atoms with van der Waals surface area (Å²) in [7, 11) is 0. The topological polar surface area (TPSA) is 39.2 Å². The molecule has 0 aliphatic rings. The van der Waals surface area contributed by atoms with Gasteiger partial charge in [0.2, 0.25) is 5.78 Å². The molecule has 0 N–H and O–H groups in total. The molecule has 0 aromatic carbocycles. The summed E-state index contributed by atoms with van der Waals surface area (Å²) in [5.41, 5.74) is -0.337. The Kier molecular flexibility index (Phi) is 4.71. The number of alkyl halides is 5. The molecule has 0 saturated heterocycles. The average molecular weight is 269 g/mol. The summed E-state index contributed by atoms with van der Waals surface area (Å²) in [5.74, 6) is -1.41. The van der Waals surface area contributed by atoms with Gasteiger partial charge in [-0.05, 0) is 12.1 Å². The molecule has 0 atom stereocenters. The second-order valence-corrected chi connectivity index (χ2v) is 3.31. The van der Waals surface area contributed by atoms with Crippen LogP contribution in [0, 0.1) is 0 Å². The molecular weight excluding hydrogens is 261 g/mol. The van der Waals surface area contributed by atoms with Gasteiger partial charge in [-0.1, -0.05) is 0 Å². The highest BCUT2D eigenvalue weighted by atomic mass is 19.4. The van der Waals surface area contributed by atoms with Crippen LogP contribution in [0.5, 0.6) is 0 Å². The summed E-state index contributed by atoms with van der Waals surface area (Å²) in [6.45, 7) is -1.98. The number of carbonyl (C=O) groups is 1. The molecule has 100 valence electrons. The van der Waals surface area contributed by atoms with Crippen molar-refractivity contribution in [3.8, 4) is 0 Å². The fourth-order valence-electron chi connectivity index (χ4n) is 1.11. The van der Waals surface area contributed by atoms with Crippen LogP contribution in [0.15, 0.2) is 18.3 Å². The maximum atomic E-state index is 12.1. The van der Waals surface area contributed by atoms with Gasteiger partial charge < -0.3 is 4.74 Å². The van der Waals surface area contributed by atoms with E-state index in [9.17, 15) is 26.7 Å². The number of Topliss-reactive ketones (excluding diaryl/α,β-unsaturated/α-hetero) is 1. The Morgan fingerprint density at radius 3 is 2.61 bits per heavy atom. The number of hydrogen-bond donors (Lipinski definition) is 0. The van der Waals surface area contributed by atoms with Crippen molar-refractivity contribution >= 4 is 5.78 Å². The third-order valence-electron chi connectivity index (χ3n) is 1.81. The zero-order chi connectivity index (χ0) is 13.8. The van der Waals surface area contributed by atoms with Crippen molar-refractivity contribution in [1.29, 1.82) is 0 Å². The minimum absolute atomic E-state index is 0.0225. The van der Waals surface area contributed by atoms with E-state index in [4.69, 9.17) is 0 Å². The summed E-state index contributed by atoms with van der Waals surface area (Å²) >= 11 is 0. The number of nitrogens with zero attached hydrogens (tertiary/aromatic N) is 1. The fourth-order valence-corrected chi connectivity index (χ4v) is 1.11. The highest BCUT2D eigenvalue weighted by Crippen LogP contribution is 2.15. The average Bonchev–Trinajstić information content (AvgIpc) is 2.26. The van der Waals surface area contributed by atoms with Gasteiger partial charge in [0.15, 0.2) is 0 Å². The molecule has 0 bridgehead atoms. The molecule has 0 aliphatic carbocycles. The van der Waals surface area contributed by atoms with E-state index in [0.29, 0.717) is 0 Å². The second kappa shape index (κ2) is 5.85. The van der Waals surface area contributed by atoms with Crippen molar-refractivity contribution in [3.05, 3.63) is 29.6 Å². The molecule has 1 aromatic rings. The van der Waals surface area contributed by atoms with Crippen LogP contribution in [0.25, 0.3) is 0 Å². The van der Waals surface area contributed by atoms with E-state index in [1.807, 2.05) is 0 Å². The first-order chi connectivity index (χ1) is 8.29. The number of carbonyl (C=O) groups excluding carboxylic acids is 1. The van der Waals surface area contributed by atoms with Gasteiger partial charge in [0.25, 0.3) is 0 Å². The van der Waals surface area contributed by atoms with Crippen LogP contribution < -0.4 is 0 Å². The van der Waals surface area contributed by atoms with Crippen molar-refractivity contribution in [1.82, 2.24) is 4.98 Å². The Hall–Kier alpha value is -1.57. The summed E-state index contributed by atoms with van der Waals surface area (Å²) < 4.78 is 63.8. The lowest BCUT2D eigenvalue weighted by Gasteiger charge is -2.07. The zero-order valence-corrected chi connectivity index (χ0v) is 8.88. The van der Waals surface area contributed by atoms with Crippen LogP contribution in [-0.4, -0.2) is 30.0 Å². The number of hydrogen-bond acceptors (Lipinski definition) is 3. The molecule has 0 spiro atoms. The van der Waals surface area contributed by atoms with Gasteiger partial charge in [-0.2, -0.15) is 13.2 Å². The van der Waals surface area contributed by atoms with Crippen molar-refractivity contribution < 1.29 is 31.5 Å². The molecule has 3 nitrogen and oxygen atoms in total. The van der Waals surface area contributed by atoms with Crippen LogP contribution in [0.1, 0.15) is 16.1 Å². The van der Waals surface area contributed by atoms with Crippen LogP contribution >= 0.6 is 0 Å². The first-order valence-electron chi connectivity index (χ1n) is 4.71. The Balaban J connectivity index is 2.63. The number of halogens is 5. The summed E-state index contributed by atoms with van der Waals surface area (Å²) in [6, 6.07) is 2.03. The minimum atomic E-state index is -4.48. The summed E-state index contributed by atoms with van der Waals surface area (Å²) in [4.78, 5) is 14.5. The van der Waals surface area contributed by atoms with Gasteiger partial charge in [0, 0.05) is 11.8 Å². The smallest absolute Gasteiger partial charge is 0.366 e. The molecule has 18 heavy (non-hydrogen) atoms. The Bertz CT molecular complexity index is 419. The van der Waals surface area contributed by atoms with Crippen LogP contribution in [0.3, 0.4) is 0 Å². The molecule has 1 rings (SSSR count). The number of rotatable bonds is 5. The standard InChI is InChI=1S/C10H8F5NO2/c11-9(12)8(17)6-1-2-16-7(3-6)4-18-5-10(13,14)15/h1-3,9H,4-5H2. The molecule has 0 amide bonds. The van der Waals surface area contributed by atoms with Gasteiger partial charge in [0.1, 0.15) is 6.61 Å².